The number of aliphatic hydroxyl groups excluding tert-OH is 2. The minimum Gasteiger partial charge on any atom is -0.511 e. The van der Waals surface area contributed by atoms with Gasteiger partial charge in [0.1, 0.15) is 11.3 Å². The highest BCUT2D eigenvalue weighted by Gasteiger charge is 2.30. The van der Waals surface area contributed by atoms with Crippen molar-refractivity contribution in [1.82, 2.24) is 10.2 Å². The molecule has 1 aromatic heterocycles. The average Bonchev–Trinajstić information content (AvgIpc) is 3.36. The highest BCUT2D eigenvalue weighted by molar-refractivity contribution is 6.40. The predicted octanol–water partition coefficient (Wildman–Crippen LogP) is 6.40. The molecule has 2 atom stereocenters. The molecule has 9 heteroatoms. The van der Waals surface area contributed by atoms with E-state index in [2.05, 4.69) is 11.9 Å². The summed E-state index contributed by atoms with van der Waals surface area (Å²) in [5.41, 5.74) is 3.76. The van der Waals surface area contributed by atoms with Crippen molar-refractivity contribution in [2.45, 2.75) is 38.5 Å². The lowest BCUT2D eigenvalue weighted by molar-refractivity contribution is 0.0704. The molecule has 1 aliphatic heterocycles. The maximum absolute atomic E-state index is 13.3. The summed E-state index contributed by atoms with van der Waals surface area (Å²) in [6.07, 6.45) is 0.0314. The quantitative estimate of drug-likeness (QED) is 0.220. The van der Waals surface area contributed by atoms with Gasteiger partial charge in [-0.3, -0.25) is 9.59 Å². The first-order valence-electron chi connectivity index (χ1n) is 12.9. The van der Waals surface area contributed by atoms with Gasteiger partial charge >= 0.3 is 0 Å². The molecule has 4 aromatic rings. The largest absolute Gasteiger partial charge is 0.511 e. The van der Waals surface area contributed by atoms with Crippen molar-refractivity contribution >= 4 is 46.0 Å². The van der Waals surface area contributed by atoms with Crippen LogP contribution in [0, 0.1) is 0 Å². The second kappa shape index (κ2) is 11.4. The lowest BCUT2D eigenvalue weighted by atomic mass is 9.95. The minimum atomic E-state index is -0.808. The Morgan fingerprint density at radius 3 is 2.62 bits per heavy atom. The van der Waals surface area contributed by atoms with Gasteiger partial charge in [-0.05, 0) is 60.2 Å². The van der Waals surface area contributed by atoms with Crippen LogP contribution in [-0.4, -0.2) is 39.5 Å². The lowest BCUT2D eigenvalue weighted by Crippen LogP contribution is -2.39. The van der Waals surface area contributed by atoms with Crippen LogP contribution in [0.15, 0.2) is 77.4 Å². The van der Waals surface area contributed by atoms with Crippen molar-refractivity contribution in [2.75, 3.05) is 6.54 Å². The SMILES string of the molecule is C=C(O)[C@H](Cc1cccc([C@H](C)O)c1)NC(=O)c1c(Cl)cc2c(c1Cl)CCN(C(=O)c1cc3ccccc3o1)C2. The van der Waals surface area contributed by atoms with Gasteiger partial charge in [0, 0.05) is 18.5 Å². The molecule has 5 rings (SSSR count). The first-order valence-corrected chi connectivity index (χ1v) is 13.6. The summed E-state index contributed by atoms with van der Waals surface area (Å²) in [5, 5.41) is 24.1. The molecule has 0 bridgehead atoms. The van der Waals surface area contributed by atoms with Gasteiger partial charge in [-0.25, -0.2) is 0 Å². The zero-order valence-corrected chi connectivity index (χ0v) is 23.3. The fourth-order valence-electron chi connectivity index (χ4n) is 4.97. The number of benzene rings is 3. The highest BCUT2D eigenvalue weighted by Crippen LogP contribution is 2.35. The topological polar surface area (TPSA) is 103 Å². The van der Waals surface area contributed by atoms with E-state index >= 15 is 0 Å². The summed E-state index contributed by atoms with van der Waals surface area (Å²) in [4.78, 5) is 28.2. The second-order valence-electron chi connectivity index (χ2n) is 9.95. The van der Waals surface area contributed by atoms with E-state index in [-0.39, 0.29) is 46.0 Å². The number of para-hydroxylation sites is 1. The van der Waals surface area contributed by atoms with Crippen LogP contribution in [0.25, 0.3) is 11.0 Å². The molecule has 0 saturated heterocycles. The van der Waals surface area contributed by atoms with Crippen molar-refractivity contribution in [3.63, 3.8) is 0 Å². The van der Waals surface area contributed by atoms with E-state index in [9.17, 15) is 19.8 Å². The number of aliphatic hydroxyl groups is 2. The third-order valence-corrected chi connectivity index (χ3v) is 7.85. The molecule has 0 saturated carbocycles. The maximum atomic E-state index is 13.3. The van der Waals surface area contributed by atoms with Crippen molar-refractivity contribution in [1.29, 1.82) is 0 Å². The van der Waals surface area contributed by atoms with E-state index < -0.39 is 18.1 Å². The molecular weight excluding hydrogens is 551 g/mol. The molecule has 0 aliphatic carbocycles. The van der Waals surface area contributed by atoms with E-state index in [4.69, 9.17) is 27.6 Å². The summed E-state index contributed by atoms with van der Waals surface area (Å²) in [6, 6.07) is 17.3. The van der Waals surface area contributed by atoms with Gasteiger partial charge in [-0.1, -0.05) is 72.2 Å². The van der Waals surface area contributed by atoms with E-state index in [0.717, 1.165) is 27.6 Å². The molecule has 1 aliphatic rings. The third-order valence-electron chi connectivity index (χ3n) is 7.14. The van der Waals surface area contributed by atoms with Gasteiger partial charge in [0.15, 0.2) is 5.76 Å². The van der Waals surface area contributed by atoms with Gasteiger partial charge in [0.2, 0.25) is 0 Å². The second-order valence-corrected chi connectivity index (χ2v) is 10.7. The molecule has 2 amide bonds. The van der Waals surface area contributed by atoms with Crippen molar-refractivity contribution < 1.29 is 24.2 Å². The van der Waals surface area contributed by atoms with Gasteiger partial charge in [0.05, 0.1) is 27.8 Å². The number of hydrogen-bond donors (Lipinski definition) is 3. The van der Waals surface area contributed by atoms with E-state index in [1.807, 2.05) is 36.4 Å². The van der Waals surface area contributed by atoms with Crippen LogP contribution in [0.3, 0.4) is 0 Å². The molecule has 0 spiro atoms. The zero-order chi connectivity index (χ0) is 28.6. The molecule has 2 heterocycles. The maximum Gasteiger partial charge on any atom is 0.289 e. The molecule has 3 aromatic carbocycles. The molecule has 3 N–H and O–H groups in total. The molecule has 7 nitrogen and oxygen atoms in total. The molecular formula is C31H28Cl2N2O5. The Morgan fingerprint density at radius 2 is 1.90 bits per heavy atom. The number of hydrogen-bond acceptors (Lipinski definition) is 5. The number of furan rings is 1. The number of nitrogens with zero attached hydrogens (tertiary/aromatic N) is 1. The molecule has 0 fully saturated rings. The number of nitrogens with one attached hydrogen (secondary N) is 1. The van der Waals surface area contributed by atoms with Gasteiger partial charge in [0.25, 0.3) is 11.8 Å². The molecule has 206 valence electrons. The van der Waals surface area contributed by atoms with Gasteiger partial charge in [-0.2, -0.15) is 0 Å². The Labute approximate surface area is 241 Å². The Balaban J connectivity index is 1.34. The Bertz CT molecular complexity index is 1590. The molecule has 0 radical (unpaired) electrons. The first-order chi connectivity index (χ1) is 19.1. The van der Waals surface area contributed by atoms with E-state index in [0.29, 0.717) is 18.5 Å². The predicted molar refractivity (Wildman–Crippen MR) is 155 cm³/mol. The van der Waals surface area contributed by atoms with Gasteiger partial charge in [-0.15, -0.1) is 0 Å². The van der Waals surface area contributed by atoms with Crippen LogP contribution in [0.4, 0.5) is 0 Å². The van der Waals surface area contributed by atoms with Crippen molar-refractivity contribution in [3.8, 4) is 0 Å². The van der Waals surface area contributed by atoms with E-state index in [1.165, 1.54) is 0 Å². The summed E-state index contributed by atoms with van der Waals surface area (Å²) in [6.45, 7) is 5.94. The normalized spacial score (nSPS) is 14.4. The summed E-state index contributed by atoms with van der Waals surface area (Å²) in [5.74, 6) is -0.752. The van der Waals surface area contributed by atoms with Gasteiger partial charge < -0.3 is 24.8 Å². The summed E-state index contributed by atoms with van der Waals surface area (Å²) < 4.78 is 5.75. The monoisotopic (exact) mass is 578 g/mol. The van der Waals surface area contributed by atoms with Crippen LogP contribution < -0.4 is 5.32 Å². The Morgan fingerprint density at radius 1 is 1.12 bits per heavy atom. The summed E-state index contributed by atoms with van der Waals surface area (Å²) in [7, 11) is 0. The van der Waals surface area contributed by atoms with Crippen molar-refractivity contribution in [2.24, 2.45) is 0 Å². The smallest absolute Gasteiger partial charge is 0.289 e. The van der Waals surface area contributed by atoms with Crippen LogP contribution in [0.1, 0.15) is 56.2 Å². The van der Waals surface area contributed by atoms with Crippen LogP contribution >= 0.6 is 23.2 Å². The number of fused-ring (bicyclic) bond motifs is 2. The minimum absolute atomic E-state index is 0.100. The fourth-order valence-corrected chi connectivity index (χ4v) is 5.74. The van der Waals surface area contributed by atoms with Crippen molar-refractivity contribution in [3.05, 3.63) is 117 Å². The lowest BCUT2D eigenvalue weighted by Gasteiger charge is -2.30. The number of halogens is 2. The number of amides is 2. The first kappa shape index (κ1) is 27.8. The number of carbonyl (C=O) groups is 2. The van der Waals surface area contributed by atoms with Crippen LogP contribution in [-0.2, 0) is 19.4 Å². The number of rotatable bonds is 7. The standard InChI is InChI=1S/C31H28Cl2N2O5/c1-17(36)20-8-5-6-19(12-20)13-25(18(2)37)34-30(38)28-24(32)14-22-16-35(11-10-23(22)29(28)33)31(39)27-15-21-7-3-4-9-26(21)40-27/h3-9,12,14-15,17,25,36-37H,2,10-11,13,16H2,1H3,(H,34,38)/t17-,25-/m0/s1. The van der Waals surface area contributed by atoms with Crippen LogP contribution in [0.5, 0.6) is 0 Å². The van der Waals surface area contributed by atoms with Crippen LogP contribution in [0.2, 0.25) is 10.0 Å². The average molecular weight is 579 g/mol. The fraction of sp³-hybridized carbons (Fsp3) is 0.226. The van der Waals surface area contributed by atoms with E-state index in [1.54, 1.807) is 36.1 Å². The third kappa shape index (κ3) is 5.59. The molecule has 0 unspecified atom stereocenters. The summed E-state index contributed by atoms with van der Waals surface area (Å²) >= 11 is 13.3. The highest BCUT2D eigenvalue weighted by atomic mass is 35.5. The zero-order valence-electron chi connectivity index (χ0n) is 21.8. The molecule has 40 heavy (non-hydrogen) atoms. The Hall–Kier alpha value is -3.78. The Kier molecular flexibility index (Phi) is 7.90. The number of carbonyl (C=O) groups excluding carboxylic acids is 2.